The first-order valence-corrected chi connectivity index (χ1v) is 8.65. The molecule has 0 amide bonds. The van der Waals surface area contributed by atoms with Crippen LogP contribution in [0.5, 0.6) is 0 Å². The number of alkyl halides is 4. The molecule has 1 aromatic heterocycles. The quantitative estimate of drug-likeness (QED) is 0.620. The second-order valence-electron chi connectivity index (χ2n) is 5.39. The molecule has 2 fully saturated rings. The Kier molecular flexibility index (Phi) is 4.45. The third-order valence-electron chi connectivity index (χ3n) is 3.85. The molecule has 3 atom stereocenters. The highest BCUT2D eigenvalue weighted by atomic mass is 79.9. The van der Waals surface area contributed by atoms with Gasteiger partial charge in [0.05, 0.1) is 11.1 Å². The molecular formula is C12H16BrF3N4S. The summed E-state index contributed by atoms with van der Waals surface area (Å²) in [6.07, 6.45) is -0.884. The molecule has 2 aliphatic heterocycles. The van der Waals surface area contributed by atoms with Gasteiger partial charge in [0.15, 0.2) is 10.8 Å². The van der Waals surface area contributed by atoms with Gasteiger partial charge in [0, 0.05) is 24.5 Å². The highest BCUT2D eigenvalue weighted by molar-refractivity contribution is 9.09. The molecule has 0 saturated carbocycles. The maximum Gasteiger partial charge on any atom is 0.434 e. The summed E-state index contributed by atoms with van der Waals surface area (Å²) in [4.78, 5) is 6.33. The van der Waals surface area contributed by atoms with Crippen molar-refractivity contribution in [3.8, 4) is 0 Å². The minimum absolute atomic E-state index is 0.161. The van der Waals surface area contributed by atoms with E-state index in [0.29, 0.717) is 16.2 Å². The number of likely N-dealkylation sites (tertiary alicyclic amines) is 1. The lowest BCUT2D eigenvalue weighted by Crippen LogP contribution is -2.42. The first-order valence-electron chi connectivity index (χ1n) is 6.85. The van der Waals surface area contributed by atoms with Crippen LogP contribution in [0.15, 0.2) is 5.38 Å². The van der Waals surface area contributed by atoms with Crippen LogP contribution in [0.3, 0.4) is 0 Å². The first-order chi connectivity index (χ1) is 9.91. The van der Waals surface area contributed by atoms with Crippen molar-refractivity contribution >= 4 is 32.4 Å². The maximum atomic E-state index is 12.5. The van der Waals surface area contributed by atoms with Crippen LogP contribution in [-0.2, 0) is 6.18 Å². The Labute approximate surface area is 133 Å². The SMILES string of the molecule is FC(F)(F)c1csc(NC2CCN(C3CCC(Br)N3)C2)n1. The van der Waals surface area contributed by atoms with E-state index in [1.165, 1.54) is 0 Å². The van der Waals surface area contributed by atoms with Gasteiger partial charge in [-0.15, -0.1) is 11.3 Å². The summed E-state index contributed by atoms with van der Waals surface area (Å²) < 4.78 is 37.5. The molecule has 21 heavy (non-hydrogen) atoms. The fraction of sp³-hybridized carbons (Fsp3) is 0.750. The number of anilines is 1. The van der Waals surface area contributed by atoms with Gasteiger partial charge >= 0.3 is 6.18 Å². The van der Waals surface area contributed by atoms with Crippen molar-refractivity contribution in [3.63, 3.8) is 0 Å². The van der Waals surface area contributed by atoms with Gasteiger partial charge in [-0.2, -0.15) is 13.2 Å². The van der Waals surface area contributed by atoms with E-state index in [9.17, 15) is 13.2 Å². The van der Waals surface area contributed by atoms with E-state index in [1.807, 2.05) is 0 Å². The molecule has 9 heteroatoms. The van der Waals surface area contributed by atoms with E-state index in [4.69, 9.17) is 0 Å². The lowest BCUT2D eigenvalue weighted by Gasteiger charge is -2.24. The van der Waals surface area contributed by atoms with Crippen molar-refractivity contribution in [2.24, 2.45) is 0 Å². The number of hydrogen-bond donors (Lipinski definition) is 2. The molecule has 2 aliphatic rings. The average Bonchev–Trinajstić information content (AvgIpc) is 3.08. The molecule has 1 aromatic rings. The Morgan fingerprint density at radius 2 is 2.19 bits per heavy atom. The zero-order chi connectivity index (χ0) is 15.0. The summed E-state index contributed by atoms with van der Waals surface area (Å²) in [5.41, 5.74) is -0.815. The van der Waals surface area contributed by atoms with Crippen LogP contribution in [0.25, 0.3) is 0 Å². The van der Waals surface area contributed by atoms with Crippen LogP contribution in [0.1, 0.15) is 25.0 Å². The molecule has 0 spiro atoms. The van der Waals surface area contributed by atoms with Gasteiger partial charge in [-0.25, -0.2) is 4.98 Å². The van der Waals surface area contributed by atoms with Gasteiger partial charge in [0.2, 0.25) is 0 Å². The predicted octanol–water partition coefficient (Wildman–Crippen LogP) is 3.08. The van der Waals surface area contributed by atoms with Gasteiger partial charge in [0.25, 0.3) is 0 Å². The molecule has 3 unspecified atom stereocenters. The first kappa shape index (κ1) is 15.5. The lowest BCUT2D eigenvalue weighted by atomic mass is 10.3. The van der Waals surface area contributed by atoms with Gasteiger partial charge in [-0.05, 0) is 19.3 Å². The molecule has 3 heterocycles. The average molecular weight is 385 g/mol. The second-order valence-corrected chi connectivity index (χ2v) is 7.35. The van der Waals surface area contributed by atoms with E-state index < -0.39 is 11.9 Å². The number of halogens is 4. The highest BCUT2D eigenvalue weighted by Crippen LogP contribution is 2.32. The van der Waals surface area contributed by atoms with Crippen LogP contribution >= 0.6 is 27.3 Å². The molecule has 0 aromatic carbocycles. The fourth-order valence-electron chi connectivity index (χ4n) is 2.80. The van der Waals surface area contributed by atoms with Crippen molar-refractivity contribution in [1.82, 2.24) is 15.2 Å². The fourth-order valence-corrected chi connectivity index (χ4v) is 4.17. The maximum absolute atomic E-state index is 12.5. The van der Waals surface area contributed by atoms with Crippen molar-refractivity contribution in [2.75, 3.05) is 18.4 Å². The van der Waals surface area contributed by atoms with Crippen LogP contribution in [-0.4, -0.2) is 40.1 Å². The zero-order valence-corrected chi connectivity index (χ0v) is 13.6. The second kappa shape index (κ2) is 6.02. The molecule has 0 aliphatic carbocycles. The molecule has 2 N–H and O–H groups in total. The summed E-state index contributed by atoms with van der Waals surface area (Å²) in [5, 5.41) is 7.99. The molecule has 3 rings (SSSR count). The van der Waals surface area contributed by atoms with Crippen LogP contribution in [0, 0.1) is 0 Å². The molecule has 4 nitrogen and oxygen atoms in total. The third kappa shape index (κ3) is 3.69. The predicted molar refractivity (Wildman–Crippen MR) is 79.6 cm³/mol. The van der Waals surface area contributed by atoms with Crippen molar-refractivity contribution in [3.05, 3.63) is 11.1 Å². The Balaban J connectivity index is 1.54. The summed E-state index contributed by atoms with van der Waals surface area (Å²) in [6.45, 7) is 1.78. The zero-order valence-electron chi connectivity index (χ0n) is 11.2. The largest absolute Gasteiger partial charge is 0.434 e. The number of nitrogens with one attached hydrogen (secondary N) is 2. The standard InChI is InChI=1S/C12H16BrF3N4S/c13-9-1-2-10(19-9)20-4-3-7(5-20)17-11-18-8(6-21-11)12(14,15)16/h6-7,9-10,19H,1-5H2,(H,17,18). The highest BCUT2D eigenvalue weighted by Gasteiger charge is 2.35. The Hall–Kier alpha value is -0.380. The minimum atomic E-state index is -4.36. The summed E-state index contributed by atoms with van der Waals surface area (Å²) in [6, 6.07) is 0.161. The van der Waals surface area contributed by atoms with Gasteiger partial charge in [-0.1, -0.05) is 15.9 Å². The van der Waals surface area contributed by atoms with Crippen LogP contribution < -0.4 is 10.6 Å². The Morgan fingerprint density at radius 1 is 1.38 bits per heavy atom. The minimum Gasteiger partial charge on any atom is -0.357 e. The molecular weight excluding hydrogens is 369 g/mol. The summed E-state index contributed by atoms with van der Waals surface area (Å²) >= 11 is 4.56. The lowest BCUT2D eigenvalue weighted by molar-refractivity contribution is -0.140. The van der Waals surface area contributed by atoms with E-state index in [0.717, 1.165) is 49.1 Å². The topological polar surface area (TPSA) is 40.2 Å². The molecule has 0 bridgehead atoms. The number of nitrogens with zero attached hydrogens (tertiary/aromatic N) is 2. The third-order valence-corrected chi connectivity index (χ3v) is 5.35. The van der Waals surface area contributed by atoms with Gasteiger partial charge in [-0.3, -0.25) is 10.2 Å². The van der Waals surface area contributed by atoms with Gasteiger partial charge in [0.1, 0.15) is 0 Å². The summed E-state index contributed by atoms with van der Waals surface area (Å²) in [7, 11) is 0. The number of aromatic nitrogens is 1. The number of rotatable bonds is 3. The normalized spacial score (nSPS) is 31.0. The van der Waals surface area contributed by atoms with Crippen LogP contribution in [0.4, 0.5) is 18.3 Å². The van der Waals surface area contributed by atoms with E-state index in [2.05, 4.69) is 36.4 Å². The number of thiazole rings is 1. The van der Waals surface area contributed by atoms with Gasteiger partial charge < -0.3 is 5.32 Å². The Morgan fingerprint density at radius 3 is 2.81 bits per heavy atom. The molecule has 2 saturated heterocycles. The van der Waals surface area contributed by atoms with Crippen LogP contribution in [0.2, 0.25) is 0 Å². The monoisotopic (exact) mass is 384 g/mol. The smallest absolute Gasteiger partial charge is 0.357 e. The molecule has 0 radical (unpaired) electrons. The van der Waals surface area contributed by atoms with E-state index in [-0.39, 0.29) is 6.04 Å². The van der Waals surface area contributed by atoms with E-state index >= 15 is 0 Å². The van der Waals surface area contributed by atoms with Crippen molar-refractivity contribution < 1.29 is 13.2 Å². The summed E-state index contributed by atoms with van der Waals surface area (Å²) in [5.74, 6) is 0. The number of hydrogen-bond acceptors (Lipinski definition) is 5. The van der Waals surface area contributed by atoms with E-state index in [1.54, 1.807) is 0 Å². The van der Waals surface area contributed by atoms with Crippen molar-refractivity contribution in [1.29, 1.82) is 0 Å². The Bertz CT molecular complexity index is 495. The van der Waals surface area contributed by atoms with Crippen molar-refractivity contribution in [2.45, 2.75) is 42.6 Å². The molecule has 118 valence electrons.